The second-order valence-corrected chi connectivity index (χ2v) is 6.73. The smallest absolute Gasteiger partial charge is 0.274 e. The third-order valence-electron chi connectivity index (χ3n) is 5.03. The fourth-order valence-electron chi connectivity index (χ4n) is 3.46. The van der Waals surface area contributed by atoms with Crippen LogP contribution in [0.2, 0.25) is 0 Å². The van der Waals surface area contributed by atoms with Gasteiger partial charge in [-0.1, -0.05) is 12.1 Å². The highest BCUT2D eigenvalue weighted by Gasteiger charge is 2.27. The van der Waals surface area contributed by atoms with E-state index in [4.69, 9.17) is 4.98 Å². The molecule has 7 nitrogen and oxygen atoms in total. The number of carbonyl (C=O) groups excluding carboxylic acids is 1. The Morgan fingerprint density at radius 1 is 1.15 bits per heavy atom. The van der Waals surface area contributed by atoms with Gasteiger partial charge in [-0.05, 0) is 31.0 Å². The number of para-hydroxylation sites is 2. The number of benzene rings is 1. The van der Waals surface area contributed by atoms with Crippen molar-refractivity contribution in [2.45, 2.75) is 18.9 Å². The average Bonchev–Trinajstić information content (AvgIpc) is 3.13. The van der Waals surface area contributed by atoms with Crippen LogP contribution in [0.25, 0.3) is 11.0 Å². The third-order valence-corrected chi connectivity index (χ3v) is 5.03. The van der Waals surface area contributed by atoms with Gasteiger partial charge in [-0.15, -0.1) is 0 Å². The van der Waals surface area contributed by atoms with Gasteiger partial charge in [0, 0.05) is 39.4 Å². The Hall–Kier alpha value is -2.96. The summed E-state index contributed by atoms with van der Waals surface area (Å²) in [6.45, 7) is 1.72. The van der Waals surface area contributed by atoms with Crippen molar-refractivity contribution in [3.63, 3.8) is 0 Å². The van der Waals surface area contributed by atoms with Gasteiger partial charge >= 0.3 is 0 Å². The summed E-state index contributed by atoms with van der Waals surface area (Å²) in [6, 6.07) is 9.88. The van der Waals surface area contributed by atoms with Crippen LogP contribution >= 0.6 is 0 Å². The maximum atomic E-state index is 12.6. The van der Waals surface area contributed by atoms with Crippen molar-refractivity contribution >= 4 is 22.8 Å². The highest BCUT2D eigenvalue weighted by atomic mass is 16.2. The number of rotatable bonds is 3. The van der Waals surface area contributed by atoms with Gasteiger partial charge in [-0.2, -0.15) is 5.10 Å². The molecule has 0 bridgehead atoms. The number of amides is 1. The Kier molecular flexibility index (Phi) is 4.28. The number of nitrogens with zero attached hydrogens (tertiary/aromatic N) is 6. The largest absolute Gasteiger partial charge is 0.355 e. The molecule has 0 unspecified atom stereocenters. The number of anilines is 1. The maximum absolute atomic E-state index is 12.6. The molecule has 4 rings (SSSR count). The molecule has 0 spiro atoms. The monoisotopic (exact) mass is 350 g/mol. The van der Waals surface area contributed by atoms with E-state index in [0.29, 0.717) is 5.69 Å². The quantitative estimate of drug-likeness (QED) is 0.724. The minimum Gasteiger partial charge on any atom is -0.355 e. The van der Waals surface area contributed by atoms with Crippen LogP contribution in [0, 0.1) is 0 Å². The summed E-state index contributed by atoms with van der Waals surface area (Å²) >= 11 is 0. The summed E-state index contributed by atoms with van der Waals surface area (Å²) in [7, 11) is 3.69. The molecule has 2 aromatic heterocycles. The third kappa shape index (κ3) is 3.12. The summed E-state index contributed by atoms with van der Waals surface area (Å²) < 4.78 is 1.65. The number of hydrogen-bond donors (Lipinski definition) is 0. The molecule has 1 aliphatic rings. The molecule has 0 aliphatic carbocycles. The van der Waals surface area contributed by atoms with Crippen LogP contribution in [0.15, 0.2) is 42.7 Å². The molecule has 7 heteroatoms. The van der Waals surface area contributed by atoms with E-state index in [1.165, 1.54) is 0 Å². The minimum atomic E-state index is -0.0189. The van der Waals surface area contributed by atoms with Gasteiger partial charge in [-0.3, -0.25) is 14.5 Å². The number of piperidine rings is 1. The molecule has 1 aromatic carbocycles. The summed E-state index contributed by atoms with van der Waals surface area (Å²) in [5, 5.41) is 4.21. The molecule has 134 valence electrons. The van der Waals surface area contributed by atoms with Crippen molar-refractivity contribution in [2.24, 2.45) is 7.05 Å². The average molecular weight is 350 g/mol. The lowest BCUT2D eigenvalue weighted by atomic mass is 10.0. The fraction of sp³-hybridized carbons (Fsp3) is 0.368. The zero-order valence-electron chi connectivity index (χ0n) is 15.0. The number of hydrogen-bond acceptors (Lipinski definition) is 5. The van der Waals surface area contributed by atoms with Crippen molar-refractivity contribution in [1.82, 2.24) is 24.6 Å². The van der Waals surface area contributed by atoms with Crippen molar-refractivity contribution in [3.05, 3.63) is 48.4 Å². The van der Waals surface area contributed by atoms with Crippen molar-refractivity contribution < 1.29 is 4.79 Å². The second-order valence-electron chi connectivity index (χ2n) is 6.73. The summed E-state index contributed by atoms with van der Waals surface area (Å²) in [4.78, 5) is 25.9. The zero-order chi connectivity index (χ0) is 18.1. The standard InChI is InChI=1S/C19H22N6O/c1-23-10-9-17(22-23)19(26)24(2)14-7-11-25(12-8-14)18-13-20-15-5-3-4-6-16(15)21-18/h3-6,9-10,13-14H,7-8,11-12H2,1-2H3. The lowest BCUT2D eigenvalue weighted by Gasteiger charge is -2.37. The summed E-state index contributed by atoms with van der Waals surface area (Å²) in [5.41, 5.74) is 2.32. The van der Waals surface area contributed by atoms with E-state index in [0.717, 1.165) is 42.8 Å². The lowest BCUT2D eigenvalue weighted by Crippen LogP contribution is -2.46. The minimum absolute atomic E-state index is 0.0189. The fourth-order valence-corrected chi connectivity index (χ4v) is 3.46. The van der Waals surface area contributed by atoms with E-state index < -0.39 is 0 Å². The Balaban J connectivity index is 1.42. The molecule has 0 atom stereocenters. The Morgan fingerprint density at radius 3 is 2.58 bits per heavy atom. The molecule has 26 heavy (non-hydrogen) atoms. The molecular formula is C19H22N6O. The van der Waals surface area contributed by atoms with Crippen molar-refractivity contribution in [1.29, 1.82) is 0 Å². The molecule has 1 fully saturated rings. The van der Waals surface area contributed by atoms with Gasteiger partial charge in [0.05, 0.1) is 17.2 Å². The number of aryl methyl sites for hydroxylation is 1. The van der Waals surface area contributed by atoms with Gasteiger partial charge < -0.3 is 9.80 Å². The first-order valence-electron chi connectivity index (χ1n) is 8.85. The van der Waals surface area contributed by atoms with E-state index in [2.05, 4.69) is 15.0 Å². The van der Waals surface area contributed by atoms with Gasteiger partial charge in [0.15, 0.2) is 0 Å². The van der Waals surface area contributed by atoms with Gasteiger partial charge in [0.2, 0.25) is 0 Å². The van der Waals surface area contributed by atoms with E-state index in [-0.39, 0.29) is 11.9 Å². The number of aromatic nitrogens is 4. The molecule has 1 saturated heterocycles. The van der Waals surface area contributed by atoms with Crippen LogP contribution in [0.4, 0.5) is 5.82 Å². The van der Waals surface area contributed by atoms with Crippen molar-refractivity contribution in [3.8, 4) is 0 Å². The van der Waals surface area contributed by atoms with E-state index in [1.807, 2.05) is 49.5 Å². The lowest BCUT2D eigenvalue weighted by molar-refractivity contribution is 0.0702. The van der Waals surface area contributed by atoms with Gasteiger partial charge in [0.25, 0.3) is 5.91 Å². The number of fused-ring (bicyclic) bond motifs is 1. The molecule has 1 amide bonds. The van der Waals surface area contributed by atoms with E-state index in [9.17, 15) is 4.79 Å². The molecule has 0 N–H and O–H groups in total. The van der Waals surface area contributed by atoms with Crippen molar-refractivity contribution in [2.75, 3.05) is 25.0 Å². The van der Waals surface area contributed by atoms with Crippen LogP contribution in [0.5, 0.6) is 0 Å². The highest BCUT2D eigenvalue weighted by Crippen LogP contribution is 2.22. The molecule has 0 saturated carbocycles. The van der Waals surface area contributed by atoms with Gasteiger partial charge in [0.1, 0.15) is 11.5 Å². The molecule has 3 heterocycles. The van der Waals surface area contributed by atoms with Crippen LogP contribution in [0.3, 0.4) is 0 Å². The first-order chi connectivity index (χ1) is 12.6. The molecule has 1 aliphatic heterocycles. The van der Waals surface area contributed by atoms with Crippen LogP contribution < -0.4 is 4.90 Å². The molecule has 0 radical (unpaired) electrons. The maximum Gasteiger partial charge on any atom is 0.274 e. The highest BCUT2D eigenvalue weighted by molar-refractivity contribution is 5.92. The Labute approximate surface area is 152 Å². The van der Waals surface area contributed by atoms with Crippen LogP contribution in [0.1, 0.15) is 23.3 Å². The predicted molar refractivity (Wildman–Crippen MR) is 100 cm³/mol. The van der Waals surface area contributed by atoms with E-state index in [1.54, 1.807) is 16.9 Å². The van der Waals surface area contributed by atoms with E-state index >= 15 is 0 Å². The molecular weight excluding hydrogens is 328 g/mol. The predicted octanol–water partition coefficient (Wildman–Crippen LogP) is 2.10. The Bertz CT molecular complexity index is 928. The summed E-state index contributed by atoms with van der Waals surface area (Å²) in [6.07, 6.45) is 5.45. The van der Waals surface area contributed by atoms with Crippen LogP contribution in [-0.4, -0.2) is 56.7 Å². The molecule has 3 aromatic rings. The first-order valence-corrected chi connectivity index (χ1v) is 8.85. The first kappa shape index (κ1) is 16.5. The Morgan fingerprint density at radius 2 is 1.88 bits per heavy atom. The topological polar surface area (TPSA) is 67.2 Å². The SMILES string of the molecule is CN(C(=O)c1ccn(C)n1)C1CCN(c2cnc3ccccc3n2)CC1. The van der Waals surface area contributed by atoms with Gasteiger partial charge in [-0.25, -0.2) is 4.98 Å². The second kappa shape index (κ2) is 6.74. The summed E-state index contributed by atoms with van der Waals surface area (Å²) in [5.74, 6) is 0.885. The van der Waals surface area contributed by atoms with Crippen LogP contribution in [-0.2, 0) is 7.05 Å². The number of carbonyl (C=O) groups is 1. The normalized spacial score (nSPS) is 15.4. The zero-order valence-corrected chi connectivity index (χ0v) is 15.0.